The lowest BCUT2D eigenvalue weighted by Gasteiger charge is -2.24. The van der Waals surface area contributed by atoms with E-state index in [0.29, 0.717) is 17.6 Å². The summed E-state index contributed by atoms with van der Waals surface area (Å²) >= 11 is 0. The van der Waals surface area contributed by atoms with Gasteiger partial charge in [0, 0.05) is 23.7 Å². The van der Waals surface area contributed by atoms with Crippen LogP contribution in [0.4, 0.5) is 0 Å². The van der Waals surface area contributed by atoms with Crippen LogP contribution in [-0.4, -0.2) is 5.78 Å². The van der Waals surface area contributed by atoms with Crippen molar-refractivity contribution in [3.05, 3.63) is 71.8 Å². The molecule has 1 aliphatic rings. The summed E-state index contributed by atoms with van der Waals surface area (Å²) in [6.45, 7) is 4.17. The Hall–Kier alpha value is -1.89. The molecule has 0 heterocycles. The summed E-state index contributed by atoms with van der Waals surface area (Å²) < 4.78 is 0. The maximum Gasteiger partial charge on any atom is 0.139 e. The van der Waals surface area contributed by atoms with E-state index in [1.165, 1.54) is 11.1 Å². The molecule has 1 heteroatoms. The first-order valence-electron chi connectivity index (χ1n) is 7.33. The number of hydrogen-bond donors (Lipinski definition) is 0. The third-order valence-electron chi connectivity index (χ3n) is 4.73. The average Bonchev–Trinajstić information content (AvgIpc) is 2.73. The summed E-state index contributed by atoms with van der Waals surface area (Å²) in [6, 6.07) is 21.0. The van der Waals surface area contributed by atoms with E-state index in [0.717, 1.165) is 0 Å². The van der Waals surface area contributed by atoms with Crippen molar-refractivity contribution in [2.45, 2.75) is 25.7 Å². The maximum atomic E-state index is 12.5. The van der Waals surface area contributed by atoms with Gasteiger partial charge in [-0.25, -0.2) is 0 Å². The highest BCUT2D eigenvalue weighted by Gasteiger charge is 2.46. The summed E-state index contributed by atoms with van der Waals surface area (Å²) in [6.07, 6.45) is 0. The minimum atomic E-state index is 0.0950. The zero-order valence-corrected chi connectivity index (χ0v) is 12.0. The highest BCUT2D eigenvalue weighted by atomic mass is 16.1. The van der Waals surface area contributed by atoms with Gasteiger partial charge < -0.3 is 0 Å². The van der Waals surface area contributed by atoms with Crippen LogP contribution in [0.1, 0.15) is 36.8 Å². The van der Waals surface area contributed by atoms with Gasteiger partial charge in [-0.3, -0.25) is 4.79 Å². The monoisotopic (exact) mass is 264 g/mol. The Morgan fingerprint density at radius 3 is 1.35 bits per heavy atom. The molecule has 0 N–H and O–H groups in total. The molecule has 1 saturated carbocycles. The normalized spacial score (nSPS) is 29.6. The molecule has 0 saturated heterocycles. The molecule has 0 bridgehead atoms. The molecule has 0 aliphatic heterocycles. The Bertz CT molecular complexity index is 534. The number of rotatable bonds is 2. The van der Waals surface area contributed by atoms with Gasteiger partial charge in [-0.2, -0.15) is 0 Å². The second-order valence-electron chi connectivity index (χ2n) is 5.85. The molecule has 0 spiro atoms. The minimum absolute atomic E-state index is 0.0950. The molecule has 0 amide bonds. The number of Topliss-reactive ketones (excluding diaryl/α,β-unsaturated/α-hetero) is 1. The summed E-state index contributed by atoms with van der Waals surface area (Å²) in [4.78, 5) is 12.5. The van der Waals surface area contributed by atoms with Crippen LogP contribution in [-0.2, 0) is 4.79 Å². The smallest absolute Gasteiger partial charge is 0.139 e. The van der Waals surface area contributed by atoms with Crippen molar-refractivity contribution in [1.82, 2.24) is 0 Å². The van der Waals surface area contributed by atoms with Crippen molar-refractivity contribution in [3.8, 4) is 0 Å². The van der Waals surface area contributed by atoms with E-state index in [9.17, 15) is 4.79 Å². The van der Waals surface area contributed by atoms with Gasteiger partial charge in [-0.15, -0.1) is 0 Å². The largest absolute Gasteiger partial charge is 0.299 e. The lowest BCUT2D eigenvalue weighted by Crippen LogP contribution is -2.12. The molecule has 0 unspecified atom stereocenters. The van der Waals surface area contributed by atoms with E-state index in [4.69, 9.17) is 0 Å². The van der Waals surface area contributed by atoms with Gasteiger partial charge in [-0.05, 0) is 11.1 Å². The Labute approximate surface area is 120 Å². The van der Waals surface area contributed by atoms with Crippen LogP contribution in [0.15, 0.2) is 60.7 Å². The van der Waals surface area contributed by atoms with Crippen LogP contribution in [0, 0.1) is 11.8 Å². The van der Waals surface area contributed by atoms with E-state index in [1.54, 1.807) is 0 Å². The second-order valence-corrected chi connectivity index (χ2v) is 5.85. The molecule has 102 valence electrons. The molecule has 1 fully saturated rings. The highest BCUT2D eigenvalue weighted by Crippen LogP contribution is 2.50. The Morgan fingerprint density at radius 1 is 0.650 bits per heavy atom. The quantitative estimate of drug-likeness (QED) is 0.785. The van der Waals surface area contributed by atoms with Crippen molar-refractivity contribution in [2.24, 2.45) is 11.8 Å². The van der Waals surface area contributed by atoms with Crippen LogP contribution in [0.5, 0.6) is 0 Å². The van der Waals surface area contributed by atoms with Crippen LogP contribution in [0.25, 0.3) is 0 Å². The van der Waals surface area contributed by atoms with E-state index < -0.39 is 0 Å². The molecule has 2 aromatic rings. The minimum Gasteiger partial charge on any atom is -0.299 e. The Balaban J connectivity index is 2.07. The molecule has 1 aliphatic carbocycles. The first kappa shape index (κ1) is 13.1. The van der Waals surface area contributed by atoms with Crippen molar-refractivity contribution in [1.29, 1.82) is 0 Å². The average molecular weight is 264 g/mol. The van der Waals surface area contributed by atoms with Crippen LogP contribution < -0.4 is 0 Å². The van der Waals surface area contributed by atoms with E-state index in [2.05, 4.69) is 62.4 Å². The summed E-state index contributed by atoms with van der Waals surface area (Å²) in [5, 5.41) is 0. The third kappa shape index (κ3) is 2.07. The van der Waals surface area contributed by atoms with E-state index >= 15 is 0 Å². The van der Waals surface area contributed by atoms with Crippen LogP contribution in [0.3, 0.4) is 0 Å². The number of carbonyl (C=O) groups is 1. The number of benzene rings is 2. The molecular weight excluding hydrogens is 244 g/mol. The molecule has 0 aromatic heterocycles. The topological polar surface area (TPSA) is 17.1 Å². The summed E-state index contributed by atoms with van der Waals surface area (Å²) in [7, 11) is 0. The Kier molecular flexibility index (Phi) is 3.43. The van der Waals surface area contributed by atoms with Crippen LogP contribution >= 0.6 is 0 Å². The molecule has 4 atom stereocenters. The fourth-order valence-electron chi connectivity index (χ4n) is 3.73. The van der Waals surface area contributed by atoms with Gasteiger partial charge in [0.05, 0.1) is 0 Å². The second kappa shape index (κ2) is 5.24. The Morgan fingerprint density at radius 2 is 1.00 bits per heavy atom. The third-order valence-corrected chi connectivity index (χ3v) is 4.73. The number of carbonyl (C=O) groups excluding carboxylic acids is 1. The standard InChI is InChI=1S/C19H20O/c1-13-17(15-9-5-3-6-10-15)18(14(2)19(13)20)16-11-7-4-8-12-16/h3-14,17-18H,1-2H3/t13-,14+,17-,18-/m1/s1. The zero-order chi connectivity index (χ0) is 14.1. The number of hydrogen-bond acceptors (Lipinski definition) is 1. The van der Waals surface area contributed by atoms with Gasteiger partial charge in [-0.1, -0.05) is 74.5 Å². The van der Waals surface area contributed by atoms with Gasteiger partial charge in [0.2, 0.25) is 0 Å². The SMILES string of the molecule is C[C@@H]1C(=O)[C@H](C)[C@H](c2ccccc2)[C@H]1c1ccccc1. The fraction of sp³-hybridized carbons (Fsp3) is 0.316. The predicted molar refractivity (Wildman–Crippen MR) is 81.7 cm³/mol. The predicted octanol–water partition coefficient (Wildman–Crippen LogP) is 4.41. The van der Waals surface area contributed by atoms with Crippen molar-refractivity contribution >= 4 is 5.78 Å². The van der Waals surface area contributed by atoms with Crippen LogP contribution in [0.2, 0.25) is 0 Å². The molecule has 0 radical (unpaired) electrons. The lowest BCUT2D eigenvalue weighted by molar-refractivity contribution is -0.123. The maximum absolute atomic E-state index is 12.5. The molecule has 2 aromatic carbocycles. The molecule has 3 rings (SSSR count). The van der Waals surface area contributed by atoms with Gasteiger partial charge in [0.25, 0.3) is 0 Å². The summed E-state index contributed by atoms with van der Waals surface area (Å²) in [5.41, 5.74) is 2.57. The molecular formula is C19H20O. The number of ketones is 1. The van der Waals surface area contributed by atoms with E-state index in [-0.39, 0.29) is 11.8 Å². The molecule has 1 nitrogen and oxygen atoms in total. The van der Waals surface area contributed by atoms with Gasteiger partial charge in [0.1, 0.15) is 5.78 Å². The van der Waals surface area contributed by atoms with Gasteiger partial charge in [0.15, 0.2) is 0 Å². The van der Waals surface area contributed by atoms with Gasteiger partial charge >= 0.3 is 0 Å². The molecule has 20 heavy (non-hydrogen) atoms. The first-order valence-corrected chi connectivity index (χ1v) is 7.33. The van der Waals surface area contributed by atoms with Crippen molar-refractivity contribution < 1.29 is 4.79 Å². The highest BCUT2D eigenvalue weighted by molar-refractivity contribution is 5.88. The zero-order valence-electron chi connectivity index (χ0n) is 12.0. The van der Waals surface area contributed by atoms with E-state index in [1.807, 2.05) is 12.1 Å². The summed E-state index contributed by atoms with van der Waals surface area (Å²) in [5.74, 6) is 1.17. The fourth-order valence-corrected chi connectivity index (χ4v) is 3.73. The first-order chi connectivity index (χ1) is 9.70. The van der Waals surface area contributed by atoms with Crippen molar-refractivity contribution in [2.75, 3.05) is 0 Å². The lowest BCUT2D eigenvalue weighted by atomic mass is 9.78. The van der Waals surface area contributed by atoms with Crippen molar-refractivity contribution in [3.63, 3.8) is 0 Å².